The van der Waals surface area contributed by atoms with E-state index in [1.54, 1.807) is 11.3 Å². The molecule has 3 nitrogen and oxygen atoms in total. The molecule has 1 fully saturated rings. The van der Waals surface area contributed by atoms with E-state index in [9.17, 15) is 4.79 Å². The molecule has 1 aliphatic rings. The largest absolute Gasteiger partial charge is 0.356 e. The van der Waals surface area contributed by atoms with Crippen molar-refractivity contribution in [2.24, 2.45) is 5.92 Å². The van der Waals surface area contributed by atoms with Crippen molar-refractivity contribution >= 4 is 27.3 Å². The lowest BCUT2D eigenvalue weighted by Gasteiger charge is -2.22. The van der Waals surface area contributed by atoms with Gasteiger partial charge in [-0.2, -0.15) is 0 Å². The average Bonchev–Trinajstić information content (AvgIpc) is 2.99. The molecule has 1 unspecified atom stereocenters. The lowest BCUT2D eigenvalue weighted by Crippen LogP contribution is -2.33. The van der Waals surface area contributed by atoms with Crippen LogP contribution in [0.3, 0.4) is 0 Å². The average molecular weight is 330 g/mol. The third kappa shape index (κ3) is 4.79. The molecule has 0 bridgehead atoms. The second-order valence-electron chi connectivity index (χ2n) is 6.46. The van der Waals surface area contributed by atoms with Crippen molar-refractivity contribution in [3.63, 3.8) is 0 Å². The number of aryl methyl sites for hydroxylation is 1. The maximum atomic E-state index is 12.0. The first-order valence-corrected chi connectivity index (χ1v) is 9.63. The summed E-state index contributed by atoms with van der Waals surface area (Å²) in [5.74, 6) is 0.939. The lowest BCUT2D eigenvalue weighted by atomic mass is 9.96. The summed E-state index contributed by atoms with van der Waals surface area (Å²) in [5, 5.41) is 10.1. The summed E-state index contributed by atoms with van der Waals surface area (Å²) in [6.45, 7) is 3.09. The van der Waals surface area contributed by atoms with Crippen LogP contribution in [0.4, 0.5) is 0 Å². The van der Waals surface area contributed by atoms with Crippen LogP contribution < -0.4 is 10.6 Å². The highest BCUT2D eigenvalue weighted by molar-refractivity contribution is 7.17. The first-order chi connectivity index (χ1) is 11.3. The fourth-order valence-corrected chi connectivity index (χ4v) is 4.34. The molecule has 2 N–H and O–H groups in total. The summed E-state index contributed by atoms with van der Waals surface area (Å²) < 4.78 is 1.34. The van der Waals surface area contributed by atoms with Crippen molar-refractivity contribution in [3.05, 3.63) is 35.2 Å². The highest BCUT2D eigenvalue weighted by Gasteiger charge is 2.12. The topological polar surface area (TPSA) is 41.1 Å². The van der Waals surface area contributed by atoms with E-state index >= 15 is 0 Å². The predicted octanol–water partition coefficient (Wildman–Crippen LogP) is 3.73. The van der Waals surface area contributed by atoms with Gasteiger partial charge in [0.1, 0.15) is 0 Å². The van der Waals surface area contributed by atoms with Crippen molar-refractivity contribution in [1.82, 2.24) is 10.6 Å². The summed E-state index contributed by atoms with van der Waals surface area (Å²) >= 11 is 1.80. The SMILES string of the molecule is O=C(CCCc1csc2ccccc12)NCCC1CCCNC1. The molecule has 124 valence electrons. The Morgan fingerprint density at radius 2 is 2.26 bits per heavy atom. The molecule has 1 amide bonds. The number of piperidine rings is 1. The predicted molar refractivity (Wildman–Crippen MR) is 98.0 cm³/mol. The standard InChI is InChI=1S/C19H26N2OS/c22-19(21-12-10-15-5-4-11-20-13-15)9-3-6-16-14-23-18-8-2-1-7-17(16)18/h1-2,7-8,14-15,20H,3-6,9-13H2,(H,21,22). The molecule has 1 saturated heterocycles. The van der Waals surface area contributed by atoms with Crippen LogP contribution >= 0.6 is 11.3 Å². The Bertz CT molecular complexity index is 631. The van der Waals surface area contributed by atoms with Gasteiger partial charge in [0.05, 0.1) is 0 Å². The molecule has 2 heterocycles. The van der Waals surface area contributed by atoms with E-state index in [1.807, 2.05) is 0 Å². The molecule has 4 heteroatoms. The van der Waals surface area contributed by atoms with Gasteiger partial charge in [-0.25, -0.2) is 0 Å². The lowest BCUT2D eigenvalue weighted by molar-refractivity contribution is -0.121. The molecule has 0 saturated carbocycles. The molecule has 23 heavy (non-hydrogen) atoms. The normalized spacial score (nSPS) is 18.2. The van der Waals surface area contributed by atoms with Gasteiger partial charge >= 0.3 is 0 Å². The molecule has 1 aliphatic heterocycles. The van der Waals surface area contributed by atoms with E-state index in [0.29, 0.717) is 6.42 Å². The monoisotopic (exact) mass is 330 g/mol. The fraction of sp³-hybridized carbons (Fsp3) is 0.526. The molecular weight excluding hydrogens is 304 g/mol. The van der Waals surface area contributed by atoms with Crippen LogP contribution in [-0.2, 0) is 11.2 Å². The van der Waals surface area contributed by atoms with E-state index in [1.165, 1.54) is 28.5 Å². The molecule has 0 spiro atoms. The number of benzene rings is 1. The van der Waals surface area contributed by atoms with Crippen molar-refractivity contribution < 1.29 is 4.79 Å². The second-order valence-corrected chi connectivity index (χ2v) is 7.37. The Morgan fingerprint density at radius 3 is 3.13 bits per heavy atom. The van der Waals surface area contributed by atoms with Crippen molar-refractivity contribution in [3.8, 4) is 0 Å². The van der Waals surface area contributed by atoms with Gasteiger partial charge in [0.2, 0.25) is 5.91 Å². The van der Waals surface area contributed by atoms with Crippen molar-refractivity contribution in [2.75, 3.05) is 19.6 Å². The molecule has 0 aliphatic carbocycles. The molecule has 0 radical (unpaired) electrons. The minimum atomic E-state index is 0.202. The van der Waals surface area contributed by atoms with Gasteiger partial charge in [-0.3, -0.25) is 4.79 Å². The van der Waals surface area contributed by atoms with Crippen LogP contribution in [0.2, 0.25) is 0 Å². The summed E-state index contributed by atoms with van der Waals surface area (Å²) in [4.78, 5) is 12.0. The molecule has 3 rings (SSSR count). The number of fused-ring (bicyclic) bond motifs is 1. The van der Waals surface area contributed by atoms with E-state index in [0.717, 1.165) is 44.8 Å². The maximum absolute atomic E-state index is 12.0. The van der Waals surface area contributed by atoms with E-state index in [2.05, 4.69) is 40.3 Å². The number of carbonyl (C=O) groups excluding carboxylic acids is 1. The zero-order chi connectivity index (χ0) is 15.9. The number of hydrogen-bond acceptors (Lipinski definition) is 3. The molecule has 1 atom stereocenters. The van der Waals surface area contributed by atoms with Gasteiger partial charge < -0.3 is 10.6 Å². The second kappa shape index (κ2) is 8.46. The zero-order valence-electron chi connectivity index (χ0n) is 13.6. The van der Waals surface area contributed by atoms with Gasteiger partial charge in [0.15, 0.2) is 0 Å². The summed E-state index contributed by atoms with van der Waals surface area (Å²) in [6, 6.07) is 8.51. The first kappa shape index (κ1) is 16.5. The number of nitrogens with one attached hydrogen (secondary N) is 2. The zero-order valence-corrected chi connectivity index (χ0v) is 14.5. The summed E-state index contributed by atoms with van der Waals surface area (Å²) in [7, 11) is 0. The van der Waals surface area contributed by atoms with E-state index in [4.69, 9.17) is 0 Å². The Hall–Kier alpha value is -1.39. The number of carbonyl (C=O) groups is 1. The van der Waals surface area contributed by atoms with Crippen LogP contribution in [0.25, 0.3) is 10.1 Å². The minimum absolute atomic E-state index is 0.202. The van der Waals surface area contributed by atoms with Gasteiger partial charge in [0.25, 0.3) is 0 Å². The quantitative estimate of drug-likeness (QED) is 0.812. The first-order valence-electron chi connectivity index (χ1n) is 8.75. The van der Waals surface area contributed by atoms with Gasteiger partial charge in [-0.15, -0.1) is 11.3 Å². The Balaban J connectivity index is 1.34. The number of amides is 1. The highest BCUT2D eigenvalue weighted by Crippen LogP contribution is 2.26. The third-order valence-corrected chi connectivity index (χ3v) is 5.70. The van der Waals surface area contributed by atoms with Crippen molar-refractivity contribution in [1.29, 1.82) is 0 Å². The fourth-order valence-electron chi connectivity index (χ4n) is 3.34. The number of rotatable bonds is 7. The third-order valence-electron chi connectivity index (χ3n) is 4.68. The van der Waals surface area contributed by atoms with Crippen LogP contribution in [-0.4, -0.2) is 25.5 Å². The smallest absolute Gasteiger partial charge is 0.220 e. The minimum Gasteiger partial charge on any atom is -0.356 e. The Labute approximate surface area is 142 Å². The Morgan fingerprint density at radius 1 is 1.35 bits per heavy atom. The van der Waals surface area contributed by atoms with Crippen molar-refractivity contribution in [2.45, 2.75) is 38.5 Å². The number of hydrogen-bond donors (Lipinski definition) is 2. The summed E-state index contributed by atoms with van der Waals surface area (Å²) in [6.07, 6.45) is 6.23. The Kier molecular flexibility index (Phi) is 6.06. The molecule has 1 aromatic carbocycles. The van der Waals surface area contributed by atoms with E-state index in [-0.39, 0.29) is 5.91 Å². The highest BCUT2D eigenvalue weighted by atomic mass is 32.1. The van der Waals surface area contributed by atoms with E-state index < -0.39 is 0 Å². The molecular formula is C19H26N2OS. The van der Waals surface area contributed by atoms with Gasteiger partial charge in [-0.1, -0.05) is 18.2 Å². The number of thiophene rings is 1. The van der Waals surface area contributed by atoms with Crippen LogP contribution in [0.1, 0.15) is 37.7 Å². The maximum Gasteiger partial charge on any atom is 0.220 e. The van der Waals surface area contributed by atoms with Gasteiger partial charge in [-0.05, 0) is 73.5 Å². The van der Waals surface area contributed by atoms with Crippen LogP contribution in [0.15, 0.2) is 29.6 Å². The van der Waals surface area contributed by atoms with Crippen LogP contribution in [0, 0.1) is 5.92 Å². The van der Waals surface area contributed by atoms with Crippen LogP contribution in [0.5, 0.6) is 0 Å². The van der Waals surface area contributed by atoms with Gasteiger partial charge in [0, 0.05) is 17.7 Å². The summed E-state index contributed by atoms with van der Waals surface area (Å²) in [5.41, 5.74) is 1.38. The molecule has 2 aromatic rings. The molecule has 1 aromatic heterocycles.